The van der Waals surface area contributed by atoms with Crippen LogP contribution in [0.5, 0.6) is 5.75 Å². The van der Waals surface area contributed by atoms with Gasteiger partial charge in [-0.25, -0.2) is 0 Å². The third-order valence-corrected chi connectivity index (χ3v) is 3.44. The van der Waals surface area contributed by atoms with Gasteiger partial charge in [0.2, 0.25) is 0 Å². The molecule has 0 radical (unpaired) electrons. The lowest BCUT2D eigenvalue weighted by atomic mass is 9.99. The number of rotatable bonds is 3. The minimum absolute atomic E-state index is 0.0993. The van der Waals surface area contributed by atoms with E-state index in [-0.39, 0.29) is 23.1 Å². The van der Waals surface area contributed by atoms with Crippen LogP contribution in [-0.2, 0) is 18.8 Å². The molecule has 0 N–H and O–H groups in total. The van der Waals surface area contributed by atoms with Gasteiger partial charge in [-0.05, 0) is 53.9 Å². The van der Waals surface area contributed by atoms with Crippen molar-refractivity contribution in [3.63, 3.8) is 0 Å². The second kappa shape index (κ2) is 6.55. The van der Waals surface area contributed by atoms with Crippen molar-refractivity contribution >= 4 is 11.6 Å². The van der Waals surface area contributed by atoms with Gasteiger partial charge < -0.3 is 4.74 Å². The summed E-state index contributed by atoms with van der Waals surface area (Å²) >= 11 is 5.86. The lowest BCUT2D eigenvalue weighted by Gasteiger charge is -2.14. The SMILES string of the molecule is COc1cc(Cl)cc(Cc2cc(C(F)(F)F)cc(C(F)(F)F)c2)c1. The highest BCUT2D eigenvalue weighted by molar-refractivity contribution is 6.30. The summed E-state index contributed by atoms with van der Waals surface area (Å²) in [6.45, 7) is 0. The van der Waals surface area contributed by atoms with Crippen molar-refractivity contribution < 1.29 is 31.1 Å². The highest BCUT2D eigenvalue weighted by atomic mass is 35.5. The van der Waals surface area contributed by atoms with Gasteiger partial charge in [-0.1, -0.05) is 11.6 Å². The number of hydrogen-bond acceptors (Lipinski definition) is 1. The zero-order chi connectivity index (χ0) is 18.1. The van der Waals surface area contributed by atoms with Crippen LogP contribution < -0.4 is 4.74 Å². The van der Waals surface area contributed by atoms with Crippen LogP contribution in [0.2, 0.25) is 5.02 Å². The van der Waals surface area contributed by atoms with E-state index >= 15 is 0 Å². The molecule has 24 heavy (non-hydrogen) atoms. The summed E-state index contributed by atoms with van der Waals surface area (Å²) in [5.41, 5.74) is -2.38. The number of ether oxygens (including phenoxy) is 1. The zero-order valence-electron chi connectivity index (χ0n) is 12.2. The summed E-state index contributed by atoms with van der Waals surface area (Å²) in [4.78, 5) is 0. The summed E-state index contributed by atoms with van der Waals surface area (Å²) in [5.74, 6) is 0.362. The van der Waals surface area contributed by atoms with E-state index in [1.165, 1.54) is 25.3 Å². The van der Waals surface area contributed by atoms with Gasteiger partial charge in [0.1, 0.15) is 5.75 Å². The lowest BCUT2D eigenvalue weighted by molar-refractivity contribution is -0.143. The van der Waals surface area contributed by atoms with E-state index in [0.717, 1.165) is 0 Å². The summed E-state index contributed by atoms with van der Waals surface area (Å²) in [7, 11) is 1.38. The molecule has 0 aliphatic rings. The monoisotopic (exact) mass is 368 g/mol. The molecule has 2 aromatic rings. The Hall–Kier alpha value is -1.89. The molecule has 0 saturated heterocycles. The molecule has 0 aromatic heterocycles. The van der Waals surface area contributed by atoms with Crippen molar-refractivity contribution in [2.75, 3.05) is 7.11 Å². The number of methoxy groups -OCH3 is 1. The molecule has 0 bridgehead atoms. The van der Waals surface area contributed by atoms with E-state index in [0.29, 0.717) is 23.4 Å². The van der Waals surface area contributed by atoms with E-state index in [9.17, 15) is 26.3 Å². The molecule has 8 heteroatoms. The van der Waals surface area contributed by atoms with Gasteiger partial charge in [0.15, 0.2) is 0 Å². The molecule has 0 saturated carbocycles. The van der Waals surface area contributed by atoms with E-state index < -0.39 is 23.5 Å². The van der Waals surface area contributed by atoms with Crippen LogP contribution in [0, 0.1) is 0 Å². The van der Waals surface area contributed by atoms with Crippen molar-refractivity contribution in [2.45, 2.75) is 18.8 Å². The number of alkyl halides is 6. The van der Waals surface area contributed by atoms with Gasteiger partial charge in [0.25, 0.3) is 0 Å². The molecule has 1 nitrogen and oxygen atoms in total. The smallest absolute Gasteiger partial charge is 0.416 e. The topological polar surface area (TPSA) is 9.23 Å². The van der Waals surface area contributed by atoms with Crippen molar-refractivity contribution in [3.8, 4) is 5.75 Å². The van der Waals surface area contributed by atoms with Gasteiger partial charge in [-0.3, -0.25) is 0 Å². The van der Waals surface area contributed by atoms with Crippen molar-refractivity contribution in [1.82, 2.24) is 0 Å². The molecule has 0 spiro atoms. The van der Waals surface area contributed by atoms with Crippen LogP contribution in [0.25, 0.3) is 0 Å². The minimum atomic E-state index is -4.87. The Kier molecular flexibility index (Phi) is 5.03. The minimum Gasteiger partial charge on any atom is -0.497 e. The van der Waals surface area contributed by atoms with Crippen molar-refractivity contribution in [2.24, 2.45) is 0 Å². The summed E-state index contributed by atoms with van der Waals surface area (Å²) in [6.07, 6.45) is -9.89. The Balaban J connectivity index is 2.48. The fourth-order valence-electron chi connectivity index (χ4n) is 2.20. The quantitative estimate of drug-likeness (QED) is 0.606. The van der Waals surface area contributed by atoms with Gasteiger partial charge in [0.05, 0.1) is 18.2 Å². The van der Waals surface area contributed by atoms with E-state index in [4.69, 9.17) is 16.3 Å². The maximum absolute atomic E-state index is 12.8. The first-order chi connectivity index (χ1) is 11.0. The van der Waals surface area contributed by atoms with Crippen LogP contribution in [0.1, 0.15) is 22.3 Å². The first-order valence-corrected chi connectivity index (χ1v) is 6.98. The van der Waals surface area contributed by atoms with Crippen molar-refractivity contribution in [3.05, 3.63) is 63.7 Å². The van der Waals surface area contributed by atoms with Crippen LogP contribution in [0.15, 0.2) is 36.4 Å². The van der Waals surface area contributed by atoms with E-state index in [1.54, 1.807) is 0 Å². The molecule has 130 valence electrons. The van der Waals surface area contributed by atoms with Gasteiger partial charge in [-0.2, -0.15) is 26.3 Å². The normalized spacial score (nSPS) is 12.3. The number of benzene rings is 2. The third kappa shape index (κ3) is 4.56. The largest absolute Gasteiger partial charge is 0.497 e. The van der Waals surface area contributed by atoms with Gasteiger partial charge in [0, 0.05) is 5.02 Å². The molecule has 0 aliphatic carbocycles. The Bertz CT molecular complexity index is 704. The maximum Gasteiger partial charge on any atom is 0.416 e. The third-order valence-electron chi connectivity index (χ3n) is 3.22. The molecule has 2 aromatic carbocycles. The maximum atomic E-state index is 12.8. The summed E-state index contributed by atoms with van der Waals surface area (Å²) in [6, 6.07) is 5.93. The number of halogens is 7. The van der Waals surface area contributed by atoms with Crippen LogP contribution >= 0.6 is 11.6 Å². The second-order valence-electron chi connectivity index (χ2n) is 5.09. The fraction of sp³-hybridized carbons (Fsp3) is 0.250. The molecule has 0 unspecified atom stereocenters. The van der Waals surface area contributed by atoms with Crippen LogP contribution in [0.3, 0.4) is 0 Å². The first-order valence-electron chi connectivity index (χ1n) is 6.61. The Morgan fingerprint density at radius 3 is 1.75 bits per heavy atom. The van der Waals surface area contributed by atoms with Crippen LogP contribution in [0.4, 0.5) is 26.3 Å². The standard InChI is InChI=1S/C16H11ClF6O/c1-24-14-6-10(5-13(17)8-14)2-9-3-11(15(18,19)20)7-12(4-9)16(21,22)23/h3-8H,2H2,1H3. The highest BCUT2D eigenvalue weighted by Crippen LogP contribution is 2.37. The predicted octanol–water partition coefficient (Wildman–Crippen LogP) is 5.98. The molecule has 0 aliphatic heterocycles. The average molecular weight is 369 g/mol. The number of hydrogen-bond donors (Lipinski definition) is 0. The Morgan fingerprint density at radius 2 is 1.29 bits per heavy atom. The molecule has 2 rings (SSSR count). The van der Waals surface area contributed by atoms with Gasteiger partial charge in [-0.15, -0.1) is 0 Å². The van der Waals surface area contributed by atoms with Gasteiger partial charge >= 0.3 is 12.4 Å². The molecular weight excluding hydrogens is 358 g/mol. The molecule has 0 amide bonds. The second-order valence-corrected chi connectivity index (χ2v) is 5.53. The summed E-state index contributed by atoms with van der Waals surface area (Å²) < 4.78 is 82.1. The van der Waals surface area contributed by atoms with E-state index in [2.05, 4.69) is 0 Å². The first kappa shape index (κ1) is 18.4. The molecule has 0 fully saturated rings. The Labute approximate surface area is 138 Å². The van der Waals surface area contributed by atoms with Crippen molar-refractivity contribution in [1.29, 1.82) is 0 Å². The zero-order valence-corrected chi connectivity index (χ0v) is 13.0. The molecular formula is C16H11ClF6O. The predicted molar refractivity (Wildman–Crippen MR) is 77.3 cm³/mol. The molecule has 0 atom stereocenters. The van der Waals surface area contributed by atoms with Crippen LogP contribution in [-0.4, -0.2) is 7.11 Å². The summed E-state index contributed by atoms with van der Waals surface area (Å²) in [5, 5.41) is 0.271. The van der Waals surface area contributed by atoms with E-state index in [1.807, 2.05) is 0 Å². The lowest BCUT2D eigenvalue weighted by Crippen LogP contribution is -2.12. The average Bonchev–Trinajstić information content (AvgIpc) is 2.44. The fourth-order valence-corrected chi connectivity index (χ4v) is 2.45. The molecule has 0 heterocycles. The Morgan fingerprint density at radius 1 is 0.792 bits per heavy atom. The highest BCUT2D eigenvalue weighted by Gasteiger charge is 2.36.